The molecule has 1 aromatic carbocycles. The second-order valence-electron chi connectivity index (χ2n) is 4.32. The van der Waals surface area contributed by atoms with Crippen LogP contribution in [0.3, 0.4) is 0 Å². The number of likely N-dealkylation sites (N-methyl/N-ethyl adjacent to an activating group) is 1. The number of nitrogens with one attached hydrogen (secondary N) is 1. The molecule has 0 spiro atoms. The summed E-state index contributed by atoms with van der Waals surface area (Å²) in [4.78, 5) is 2.12. The molecule has 1 fully saturated rings. The maximum absolute atomic E-state index is 13.6. The molecule has 0 radical (unpaired) electrons. The van der Waals surface area contributed by atoms with Crippen LogP contribution in [0.15, 0.2) is 18.2 Å². The van der Waals surface area contributed by atoms with Crippen LogP contribution in [-0.2, 0) is 0 Å². The third kappa shape index (κ3) is 2.08. The van der Waals surface area contributed by atoms with Gasteiger partial charge >= 0.3 is 0 Å². The Bertz CT molecular complexity index is 377. The van der Waals surface area contributed by atoms with E-state index < -0.39 is 11.6 Å². The number of hydrogen-bond acceptors (Lipinski definition) is 2. The summed E-state index contributed by atoms with van der Waals surface area (Å²) in [5.74, 6) is -0.993. The molecule has 4 heteroatoms. The quantitative estimate of drug-likeness (QED) is 0.847. The fourth-order valence-electron chi connectivity index (χ4n) is 1.94. The Labute approximate surface area is 94.3 Å². The van der Waals surface area contributed by atoms with Gasteiger partial charge in [-0.2, -0.15) is 0 Å². The summed E-state index contributed by atoms with van der Waals surface area (Å²) in [5, 5.41) is 3.18. The van der Waals surface area contributed by atoms with Gasteiger partial charge in [-0.15, -0.1) is 0 Å². The van der Waals surface area contributed by atoms with Crippen molar-refractivity contribution in [1.82, 2.24) is 10.2 Å². The summed E-state index contributed by atoms with van der Waals surface area (Å²) in [7, 11) is 1.97. The van der Waals surface area contributed by atoms with Crippen LogP contribution < -0.4 is 5.32 Å². The fourth-order valence-corrected chi connectivity index (χ4v) is 1.94. The Morgan fingerprint density at radius 1 is 1.38 bits per heavy atom. The van der Waals surface area contributed by atoms with Gasteiger partial charge in [0.15, 0.2) is 0 Å². The van der Waals surface area contributed by atoms with Gasteiger partial charge in [0.2, 0.25) is 0 Å². The molecular formula is C12H16F2N2. The van der Waals surface area contributed by atoms with E-state index in [0.29, 0.717) is 11.6 Å². The second-order valence-corrected chi connectivity index (χ2v) is 4.32. The molecule has 1 aliphatic heterocycles. The summed E-state index contributed by atoms with van der Waals surface area (Å²) in [6.45, 7) is 3.81. The van der Waals surface area contributed by atoms with Gasteiger partial charge in [-0.3, -0.25) is 4.90 Å². The van der Waals surface area contributed by atoms with E-state index in [2.05, 4.69) is 10.2 Å². The highest BCUT2D eigenvalue weighted by Gasteiger charge is 2.27. The van der Waals surface area contributed by atoms with Crippen LogP contribution >= 0.6 is 0 Å². The van der Waals surface area contributed by atoms with Crippen LogP contribution in [0.2, 0.25) is 0 Å². The molecule has 1 N–H and O–H groups in total. The van der Waals surface area contributed by atoms with Crippen LogP contribution in [0, 0.1) is 11.6 Å². The zero-order chi connectivity index (χ0) is 11.7. The normalized spacial score (nSPS) is 18.6. The highest BCUT2D eigenvalue weighted by Crippen LogP contribution is 2.24. The summed E-state index contributed by atoms with van der Waals surface area (Å²) in [5.41, 5.74) is 0.552. The zero-order valence-corrected chi connectivity index (χ0v) is 9.50. The molecule has 1 unspecified atom stereocenters. The molecule has 0 saturated carbocycles. The fraction of sp³-hybridized carbons (Fsp3) is 0.500. The van der Waals surface area contributed by atoms with Crippen LogP contribution in [0.1, 0.15) is 18.5 Å². The van der Waals surface area contributed by atoms with Crippen LogP contribution in [-0.4, -0.2) is 31.1 Å². The smallest absolute Gasteiger partial charge is 0.130 e. The number of hydrogen-bond donors (Lipinski definition) is 1. The lowest BCUT2D eigenvalue weighted by atomic mass is 10.0. The maximum Gasteiger partial charge on any atom is 0.130 e. The first-order chi connectivity index (χ1) is 7.59. The molecule has 1 aliphatic rings. The predicted molar refractivity (Wildman–Crippen MR) is 59.2 cm³/mol. The van der Waals surface area contributed by atoms with Crippen molar-refractivity contribution in [2.45, 2.75) is 19.0 Å². The summed E-state index contributed by atoms with van der Waals surface area (Å²) in [6.07, 6.45) is 0. The van der Waals surface area contributed by atoms with Crippen molar-refractivity contribution in [2.24, 2.45) is 0 Å². The van der Waals surface area contributed by atoms with Gasteiger partial charge in [-0.1, -0.05) is 6.07 Å². The van der Waals surface area contributed by atoms with E-state index in [9.17, 15) is 8.78 Å². The Balaban J connectivity index is 2.15. The van der Waals surface area contributed by atoms with E-state index in [1.807, 2.05) is 14.0 Å². The number of halogens is 2. The van der Waals surface area contributed by atoms with Crippen LogP contribution in [0.4, 0.5) is 8.78 Å². The number of nitrogens with zero attached hydrogens (tertiary/aromatic N) is 1. The van der Waals surface area contributed by atoms with Crippen molar-refractivity contribution < 1.29 is 8.78 Å². The van der Waals surface area contributed by atoms with Gasteiger partial charge in [-0.05, 0) is 20.0 Å². The Morgan fingerprint density at radius 3 is 2.56 bits per heavy atom. The first kappa shape index (κ1) is 11.5. The van der Waals surface area contributed by atoms with Crippen molar-refractivity contribution >= 4 is 0 Å². The van der Waals surface area contributed by atoms with E-state index in [-0.39, 0.29) is 6.04 Å². The van der Waals surface area contributed by atoms with Crippen LogP contribution in [0.25, 0.3) is 0 Å². The molecular weight excluding hydrogens is 210 g/mol. The molecule has 1 heterocycles. The van der Waals surface area contributed by atoms with Gasteiger partial charge in [0.1, 0.15) is 11.6 Å². The molecule has 88 valence electrons. The summed E-state index contributed by atoms with van der Waals surface area (Å²) < 4.78 is 26.3. The Kier molecular flexibility index (Phi) is 3.21. The maximum atomic E-state index is 13.6. The highest BCUT2D eigenvalue weighted by molar-refractivity contribution is 5.22. The number of benzene rings is 1. The van der Waals surface area contributed by atoms with E-state index in [1.54, 1.807) is 0 Å². The van der Waals surface area contributed by atoms with Gasteiger partial charge in [0, 0.05) is 36.8 Å². The first-order valence-corrected chi connectivity index (χ1v) is 5.47. The molecule has 1 saturated heterocycles. The van der Waals surface area contributed by atoms with Crippen molar-refractivity contribution in [2.75, 3.05) is 20.1 Å². The molecule has 0 amide bonds. The van der Waals surface area contributed by atoms with Crippen molar-refractivity contribution in [3.63, 3.8) is 0 Å². The van der Waals surface area contributed by atoms with Crippen molar-refractivity contribution in [1.29, 1.82) is 0 Å². The molecule has 0 bridgehead atoms. The SMILES string of the molecule is CC(c1ccc(F)cc1F)N(C)C1CNC1. The lowest BCUT2D eigenvalue weighted by Crippen LogP contribution is -2.56. The topological polar surface area (TPSA) is 15.3 Å². The van der Waals surface area contributed by atoms with Crippen LogP contribution in [0.5, 0.6) is 0 Å². The van der Waals surface area contributed by atoms with Gasteiger partial charge < -0.3 is 5.32 Å². The van der Waals surface area contributed by atoms with E-state index in [4.69, 9.17) is 0 Å². The Morgan fingerprint density at radius 2 is 2.06 bits per heavy atom. The average molecular weight is 226 g/mol. The third-order valence-electron chi connectivity index (χ3n) is 3.36. The minimum absolute atomic E-state index is 0.0345. The van der Waals surface area contributed by atoms with Gasteiger partial charge in [0.05, 0.1) is 0 Å². The Hall–Kier alpha value is -1.00. The molecule has 1 atom stereocenters. The highest BCUT2D eigenvalue weighted by atomic mass is 19.1. The molecule has 16 heavy (non-hydrogen) atoms. The first-order valence-electron chi connectivity index (χ1n) is 5.47. The minimum Gasteiger partial charge on any atom is -0.314 e. The summed E-state index contributed by atoms with van der Waals surface area (Å²) >= 11 is 0. The largest absolute Gasteiger partial charge is 0.314 e. The number of rotatable bonds is 3. The lowest BCUT2D eigenvalue weighted by molar-refractivity contribution is 0.134. The standard InChI is InChI=1S/C12H16F2N2/c1-8(16(2)10-6-15-7-10)11-4-3-9(13)5-12(11)14/h3-5,8,10,15H,6-7H2,1-2H3. The van der Waals surface area contributed by atoms with Crippen molar-refractivity contribution in [3.8, 4) is 0 Å². The summed E-state index contributed by atoms with van der Waals surface area (Å²) in [6, 6.07) is 4.19. The molecule has 0 aromatic heterocycles. The monoisotopic (exact) mass is 226 g/mol. The predicted octanol–water partition coefficient (Wildman–Crippen LogP) is 1.93. The third-order valence-corrected chi connectivity index (χ3v) is 3.36. The zero-order valence-electron chi connectivity index (χ0n) is 9.50. The second kappa shape index (κ2) is 4.47. The van der Waals surface area contributed by atoms with E-state index >= 15 is 0 Å². The molecule has 1 aromatic rings. The van der Waals surface area contributed by atoms with Gasteiger partial charge in [-0.25, -0.2) is 8.78 Å². The van der Waals surface area contributed by atoms with Crippen molar-refractivity contribution in [3.05, 3.63) is 35.4 Å². The molecule has 2 rings (SSSR count). The van der Waals surface area contributed by atoms with E-state index in [0.717, 1.165) is 19.2 Å². The molecule has 2 nitrogen and oxygen atoms in total. The lowest BCUT2D eigenvalue weighted by Gasteiger charge is -2.39. The molecule has 0 aliphatic carbocycles. The minimum atomic E-state index is -0.526. The average Bonchev–Trinajstić information content (AvgIpc) is 2.14. The van der Waals surface area contributed by atoms with Gasteiger partial charge in [0.25, 0.3) is 0 Å². The van der Waals surface area contributed by atoms with E-state index in [1.165, 1.54) is 12.1 Å².